The van der Waals surface area contributed by atoms with Crippen molar-refractivity contribution in [2.24, 2.45) is 23.7 Å². The van der Waals surface area contributed by atoms with E-state index in [0.717, 1.165) is 34.2 Å². The van der Waals surface area contributed by atoms with E-state index in [1.165, 1.54) is 12.8 Å². The Bertz CT molecular complexity index is 211. The lowest BCUT2D eigenvalue weighted by atomic mass is 9.56. The van der Waals surface area contributed by atoms with E-state index in [1.807, 2.05) is 0 Å². The van der Waals surface area contributed by atoms with E-state index < -0.39 is 0 Å². The molecule has 0 nitrogen and oxygen atoms in total. The molecule has 1 saturated heterocycles. The number of thioether (sulfide) groups is 1. The summed E-state index contributed by atoms with van der Waals surface area (Å²) in [7, 11) is 0. The largest absolute Gasteiger partial charge is 0.155 e. The van der Waals surface area contributed by atoms with Crippen molar-refractivity contribution >= 4 is 11.8 Å². The van der Waals surface area contributed by atoms with E-state index in [1.54, 1.807) is 12.8 Å². The lowest BCUT2D eigenvalue weighted by Gasteiger charge is -2.48. The third-order valence-electron chi connectivity index (χ3n) is 4.82. The third-order valence-corrected chi connectivity index (χ3v) is 6.56. The normalized spacial score (nSPS) is 58.6. The first-order chi connectivity index (χ1) is 6.33. The number of fused-ring (bicyclic) bond motifs is 4. The van der Waals surface area contributed by atoms with Gasteiger partial charge in [-0.25, -0.2) is 0 Å². The van der Waals surface area contributed by atoms with Crippen LogP contribution in [0.4, 0.5) is 0 Å². The van der Waals surface area contributed by atoms with Crippen LogP contribution in [0.5, 0.6) is 0 Å². The highest BCUT2D eigenvalue weighted by atomic mass is 32.2. The van der Waals surface area contributed by atoms with Gasteiger partial charge in [0.15, 0.2) is 0 Å². The molecule has 1 heterocycles. The van der Waals surface area contributed by atoms with Crippen LogP contribution in [0.3, 0.4) is 0 Å². The van der Waals surface area contributed by atoms with Gasteiger partial charge in [0.25, 0.3) is 0 Å². The van der Waals surface area contributed by atoms with Gasteiger partial charge in [0.1, 0.15) is 0 Å². The smallest absolute Gasteiger partial charge is 0.00813 e. The van der Waals surface area contributed by atoms with Crippen molar-refractivity contribution in [1.29, 1.82) is 0 Å². The van der Waals surface area contributed by atoms with Gasteiger partial charge in [0, 0.05) is 10.5 Å². The molecule has 2 saturated carbocycles. The molecular weight excluding hydrogens is 176 g/mol. The van der Waals surface area contributed by atoms with E-state index in [-0.39, 0.29) is 0 Å². The molecule has 1 heteroatoms. The molecule has 74 valence electrons. The number of rotatable bonds is 1. The Morgan fingerprint density at radius 2 is 1.85 bits per heavy atom. The minimum Gasteiger partial charge on any atom is -0.155 e. The first kappa shape index (κ1) is 8.64. The maximum absolute atomic E-state index is 2.48. The predicted octanol–water partition coefficient (Wildman–Crippen LogP) is 3.56. The molecule has 1 aliphatic heterocycles. The van der Waals surface area contributed by atoms with E-state index in [0.29, 0.717) is 0 Å². The van der Waals surface area contributed by atoms with Gasteiger partial charge in [-0.05, 0) is 42.9 Å². The highest BCUT2D eigenvalue weighted by Crippen LogP contribution is 2.66. The number of hydrogen-bond acceptors (Lipinski definition) is 1. The van der Waals surface area contributed by atoms with Crippen LogP contribution in [0.25, 0.3) is 0 Å². The van der Waals surface area contributed by atoms with Gasteiger partial charge >= 0.3 is 0 Å². The van der Waals surface area contributed by atoms with Crippen LogP contribution < -0.4 is 0 Å². The minimum atomic E-state index is 0.981. The molecule has 0 radical (unpaired) electrons. The molecule has 6 atom stereocenters. The van der Waals surface area contributed by atoms with Crippen molar-refractivity contribution in [3.63, 3.8) is 0 Å². The summed E-state index contributed by atoms with van der Waals surface area (Å²) in [5, 5.41) is 2.01. The molecule has 3 aliphatic rings. The quantitative estimate of drug-likeness (QED) is 0.618. The van der Waals surface area contributed by atoms with E-state index in [2.05, 4.69) is 25.6 Å². The Kier molecular flexibility index (Phi) is 1.94. The first-order valence-corrected chi connectivity index (χ1v) is 6.92. The molecule has 0 aromatic rings. The van der Waals surface area contributed by atoms with Crippen molar-refractivity contribution in [1.82, 2.24) is 0 Å². The van der Waals surface area contributed by atoms with Crippen LogP contribution in [0.1, 0.15) is 39.5 Å². The molecule has 0 amide bonds. The van der Waals surface area contributed by atoms with Crippen molar-refractivity contribution in [3.05, 3.63) is 0 Å². The van der Waals surface area contributed by atoms with Gasteiger partial charge in [-0.2, -0.15) is 11.8 Å². The highest BCUT2D eigenvalue weighted by molar-refractivity contribution is 8.00. The zero-order valence-corrected chi connectivity index (χ0v) is 9.52. The molecule has 3 fully saturated rings. The van der Waals surface area contributed by atoms with Gasteiger partial charge in [0.2, 0.25) is 0 Å². The average molecular weight is 196 g/mol. The highest BCUT2D eigenvalue weighted by Gasteiger charge is 2.60. The topological polar surface area (TPSA) is 0 Å². The van der Waals surface area contributed by atoms with Crippen LogP contribution in [0.15, 0.2) is 0 Å². The minimum absolute atomic E-state index is 0.981. The molecule has 0 spiro atoms. The summed E-state index contributed by atoms with van der Waals surface area (Å²) in [4.78, 5) is 0. The summed E-state index contributed by atoms with van der Waals surface area (Å²) in [5.41, 5.74) is 0. The van der Waals surface area contributed by atoms with E-state index >= 15 is 0 Å². The average Bonchev–Trinajstić information content (AvgIpc) is 2.57. The summed E-state index contributed by atoms with van der Waals surface area (Å²) in [6.45, 7) is 4.86. The van der Waals surface area contributed by atoms with Gasteiger partial charge in [-0.15, -0.1) is 0 Å². The fourth-order valence-corrected chi connectivity index (χ4v) is 6.28. The van der Waals surface area contributed by atoms with Crippen molar-refractivity contribution < 1.29 is 0 Å². The van der Waals surface area contributed by atoms with Gasteiger partial charge in [-0.3, -0.25) is 0 Å². The molecule has 3 rings (SSSR count). The van der Waals surface area contributed by atoms with Crippen molar-refractivity contribution in [2.45, 2.75) is 50.0 Å². The summed E-state index contributed by atoms with van der Waals surface area (Å²) in [6, 6.07) is 0. The van der Waals surface area contributed by atoms with Crippen LogP contribution >= 0.6 is 11.8 Å². The summed E-state index contributed by atoms with van der Waals surface area (Å²) in [6.07, 6.45) is 6.08. The van der Waals surface area contributed by atoms with E-state index in [4.69, 9.17) is 0 Å². The second kappa shape index (κ2) is 2.92. The standard InChI is InChI=1S/C12H20S/c1-3-10-12-9-6-4-5-8(9)11(12)7(2)13-10/h7-12H,3-6H2,1-2H3/t7?,8?,9?,10-,11?,12?/m1/s1. The third kappa shape index (κ3) is 1.00. The second-order valence-corrected chi connectivity index (χ2v) is 6.82. The molecule has 2 aliphatic carbocycles. The zero-order chi connectivity index (χ0) is 9.00. The SMILES string of the molecule is CC[C@H]1SC(C)C2C3CCCC3C21. The fourth-order valence-electron chi connectivity index (χ4n) is 4.41. The Morgan fingerprint density at radius 1 is 1.15 bits per heavy atom. The predicted molar refractivity (Wildman–Crippen MR) is 58.9 cm³/mol. The van der Waals surface area contributed by atoms with Crippen molar-refractivity contribution in [3.8, 4) is 0 Å². The fraction of sp³-hybridized carbons (Fsp3) is 1.00. The van der Waals surface area contributed by atoms with Crippen LogP contribution in [0.2, 0.25) is 0 Å². The van der Waals surface area contributed by atoms with Crippen LogP contribution in [-0.4, -0.2) is 10.5 Å². The molecule has 0 aromatic heterocycles. The van der Waals surface area contributed by atoms with E-state index in [9.17, 15) is 0 Å². The van der Waals surface area contributed by atoms with Crippen LogP contribution in [-0.2, 0) is 0 Å². The Balaban J connectivity index is 1.82. The molecule has 0 bridgehead atoms. The van der Waals surface area contributed by atoms with Gasteiger partial charge in [-0.1, -0.05) is 20.3 Å². The molecule has 0 aromatic carbocycles. The van der Waals surface area contributed by atoms with Crippen molar-refractivity contribution in [2.75, 3.05) is 0 Å². The Hall–Kier alpha value is 0.350. The lowest BCUT2D eigenvalue weighted by molar-refractivity contribution is 0.0140. The molecule has 5 unspecified atom stereocenters. The second-order valence-electron chi connectivity index (χ2n) is 5.20. The molecule has 0 N–H and O–H groups in total. The molecule has 13 heavy (non-hydrogen) atoms. The van der Waals surface area contributed by atoms with Gasteiger partial charge < -0.3 is 0 Å². The zero-order valence-electron chi connectivity index (χ0n) is 8.70. The number of hydrogen-bond donors (Lipinski definition) is 0. The Labute approximate surface area is 85.9 Å². The van der Waals surface area contributed by atoms with Gasteiger partial charge in [0.05, 0.1) is 0 Å². The summed E-state index contributed by atoms with van der Waals surface area (Å²) < 4.78 is 0. The lowest BCUT2D eigenvalue weighted by Crippen LogP contribution is -2.46. The molecular formula is C12H20S. The maximum atomic E-state index is 2.48. The monoisotopic (exact) mass is 196 g/mol. The summed E-state index contributed by atoms with van der Waals surface area (Å²) >= 11 is 2.30. The summed E-state index contributed by atoms with van der Waals surface area (Å²) in [5.74, 6) is 4.58. The Morgan fingerprint density at radius 3 is 2.54 bits per heavy atom. The first-order valence-electron chi connectivity index (χ1n) is 5.98. The van der Waals surface area contributed by atoms with Crippen LogP contribution in [0, 0.1) is 23.7 Å². The maximum Gasteiger partial charge on any atom is 0.00813 e.